The molecule has 1 aromatic carbocycles. The Morgan fingerprint density at radius 3 is 2.87 bits per heavy atom. The monoisotopic (exact) mass is 315 g/mol. The molecule has 2 aromatic rings. The Balaban J connectivity index is 1.66. The number of benzene rings is 1. The molecule has 7 heteroatoms. The van der Waals surface area contributed by atoms with E-state index in [9.17, 15) is 9.59 Å². The molecule has 1 atom stereocenters. The van der Waals surface area contributed by atoms with Gasteiger partial charge < -0.3 is 15.2 Å². The fraction of sp³-hybridized carbons (Fsp3) is 0.312. The summed E-state index contributed by atoms with van der Waals surface area (Å²) < 4.78 is 6.95. The number of anilines is 1. The summed E-state index contributed by atoms with van der Waals surface area (Å²) in [5.74, 6) is -0.240. The minimum Gasteiger partial charge on any atom is -0.480 e. The molecule has 0 saturated carbocycles. The first-order valence-electron chi connectivity index (χ1n) is 7.25. The number of aliphatic carboxylic acids is 1. The van der Waals surface area contributed by atoms with Crippen molar-refractivity contribution in [1.82, 2.24) is 9.78 Å². The Kier molecular flexibility index (Phi) is 3.77. The molecule has 1 aromatic heterocycles. The van der Waals surface area contributed by atoms with Crippen molar-refractivity contribution < 1.29 is 19.4 Å². The molecule has 0 fully saturated rings. The zero-order valence-electron chi connectivity index (χ0n) is 12.9. The Bertz CT molecular complexity index is 751. The minimum atomic E-state index is -0.994. The van der Waals surface area contributed by atoms with Gasteiger partial charge >= 0.3 is 5.97 Å². The van der Waals surface area contributed by atoms with Crippen LogP contribution >= 0.6 is 0 Å². The number of nitrogens with one attached hydrogen (secondary N) is 1. The molecule has 0 saturated heterocycles. The Morgan fingerprint density at radius 2 is 2.13 bits per heavy atom. The van der Waals surface area contributed by atoms with E-state index >= 15 is 0 Å². The van der Waals surface area contributed by atoms with Crippen molar-refractivity contribution >= 4 is 17.7 Å². The average Bonchev–Trinajstić information content (AvgIpc) is 3.05. The van der Waals surface area contributed by atoms with E-state index in [1.54, 1.807) is 6.07 Å². The molecule has 1 aliphatic heterocycles. The molecule has 0 bridgehead atoms. The molecule has 0 aliphatic carbocycles. The van der Waals surface area contributed by atoms with E-state index in [0.717, 1.165) is 16.9 Å². The molecule has 0 radical (unpaired) electrons. The van der Waals surface area contributed by atoms with Crippen molar-refractivity contribution in [2.75, 3.05) is 5.32 Å². The molecule has 1 aliphatic rings. The van der Waals surface area contributed by atoms with Gasteiger partial charge in [0.2, 0.25) is 0 Å². The van der Waals surface area contributed by atoms with Gasteiger partial charge in [-0.2, -0.15) is 5.10 Å². The van der Waals surface area contributed by atoms with Gasteiger partial charge in [-0.1, -0.05) is 6.07 Å². The number of carboxylic acids is 1. The summed E-state index contributed by atoms with van der Waals surface area (Å²) in [4.78, 5) is 22.9. The third-order valence-corrected chi connectivity index (χ3v) is 3.83. The third-order valence-electron chi connectivity index (χ3n) is 3.83. The fourth-order valence-electron chi connectivity index (χ4n) is 2.52. The maximum absolute atomic E-state index is 12.3. The van der Waals surface area contributed by atoms with Gasteiger partial charge in [-0.25, -0.2) is 0 Å². The van der Waals surface area contributed by atoms with Gasteiger partial charge in [0.25, 0.3) is 5.91 Å². The first-order chi connectivity index (χ1) is 10.9. The van der Waals surface area contributed by atoms with Crippen molar-refractivity contribution in [2.45, 2.75) is 32.9 Å². The Labute approximate surface area is 132 Å². The van der Waals surface area contributed by atoms with Crippen molar-refractivity contribution in [3.63, 3.8) is 0 Å². The molecule has 1 unspecified atom stereocenters. The van der Waals surface area contributed by atoms with E-state index in [0.29, 0.717) is 12.2 Å². The number of nitrogens with zero attached hydrogens (tertiary/aromatic N) is 2. The summed E-state index contributed by atoms with van der Waals surface area (Å²) in [5, 5.41) is 15.3. The molecule has 23 heavy (non-hydrogen) atoms. The van der Waals surface area contributed by atoms with Gasteiger partial charge in [0, 0.05) is 18.7 Å². The molecule has 7 nitrogen and oxygen atoms in total. The fourth-order valence-corrected chi connectivity index (χ4v) is 2.52. The van der Waals surface area contributed by atoms with Crippen molar-refractivity contribution in [3.8, 4) is 5.75 Å². The zero-order valence-corrected chi connectivity index (χ0v) is 12.9. The SMILES string of the molecule is Cc1cc2c(cc1C)OC(C(=O)Nc1ccn(CC(=O)O)n1)C2. The average molecular weight is 315 g/mol. The summed E-state index contributed by atoms with van der Waals surface area (Å²) >= 11 is 0. The van der Waals surface area contributed by atoms with E-state index in [4.69, 9.17) is 9.84 Å². The zero-order chi connectivity index (χ0) is 16.6. The summed E-state index contributed by atoms with van der Waals surface area (Å²) in [7, 11) is 0. The molecule has 120 valence electrons. The topological polar surface area (TPSA) is 93.5 Å². The van der Waals surface area contributed by atoms with Crippen LogP contribution in [0.25, 0.3) is 0 Å². The normalized spacial score (nSPS) is 15.8. The van der Waals surface area contributed by atoms with E-state index in [1.165, 1.54) is 16.4 Å². The number of carbonyl (C=O) groups excluding carboxylic acids is 1. The summed E-state index contributed by atoms with van der Waals surface area (Å²) in [5.41, 5.74) is 3.31. The van der Waals surface area contributed by atoms with Crippen LogP contribution in [0.4, 0.5) is 5.82 Å². The Hall–Kier alpha value is -2.83. The van der Waals surface area contributed by atoms with Gasteiger partial charge in [0.15, 0.2) is 11.9 Å². The van der Waals surface area contributed by atoms with Crippen LogP contribution in [0, 0.1) is 13.8 Å². The standard InChI is InChI=1S/C16H17N3O4/c1-9-5-11-7-13(23-12(11)6-10(9)2)16(22)17-14-3-4-19(18-14)8-15(20)21/h3-6,13H,7-8H2,1-2H3,(H,20,21)(H,17,18,22). The maximum atomic E-state index is 12.3. The number of aromatic nitrogens is 2. The second kappa shape index (κ2) is 5.75. The van der Waals surface area contributed by atoms with E-state index in [2.05, 4.69) is 10.4 Å². The number of ether oxygens (including phenoxy) is 1. The highest BCUT2D eigenvalue weighted by atomic mass is 16.5. The number of carbonyl (C=O) groups is 2. The van der Waals surface area contributed by atoms with Crippen molar-refractivity contribution in [1.29, 1.82) is 0 Å². The van der Waals surface area contributed by atoms with Crippen LogP contribution in [0.1, 0.15) is 16.7 Å². The highest BCUT2D eigenvalue weighted by Crippen LogP contribution is 2.31. The summed E-state index contributed by atoms with van der Waals surface area (Å²) in [6, 6.07) is 5.54. The van der Waals surface area contributed by atoms with Crippen molar-refractivity contribution in [3.05, 3.63) is 41.1 Å². The van der Waals surface area contributed by atoms with E-state index < -0.39 is 12.1 Å². The molecular weight excluding hydrogens is 298 g/mol. The third kappa shape index (κ3) is 3.18. The highest BCUT2D eigenvalue weighted by Gasteiger charge is 2.30. The first kappa shape index (κ1) is 15.1. The minimum absolute atomic E-state index is 0.250. The van der Waals surface area contributed by atoms with Crippen molar-refractivity contribution in [2.24, 2.45) is 0 Å². The lowest BCUT2D eigenvalue weighted by Crippen LogP contribution is -2.31. The number of carboxylic acid groups (broad SMARTS) is 1. The number of rotatable bonds is 4. The van der Waals surface area contributed by atoms with Crippen LogP contribution < -0.4 is 10.1 Å². The second-order valence-electron chi connectivity index (χ2n) is 5.64. The highest BCUT2D eigenvalue weighted by molar-refractivity contribution is 5.94. The van der Waals surface area contributed by atoms with Gasteiger partial charge in [-0.15, -0.1) is 0 Å². The second-order valence-corrected chi connectivity index (χ2v) is 5.64. The summed E-state index contributed by atoms with van der Waals surface area (Å²) in [6.07, 6.45) is 1.41. The van der Waals surface area contributed by atoms with E-state index in [-0.39, 0.29) is 12.5 Å². The summed E-state index contributed by atoms with van der Waals surface area (Å²) in [6.45, 7) is 3.78. The van der Waals surface area contributed by atoms with Crippen LogP contribution in [0.2, 0.25) is 0 Å². The predicted octanol–water partition coefficient (Wildman–Crippen LogP) is 1.53. The molecule has 1 amide bonds. The van der Waals surface area contributed by atoms with Gasteiger partial charge in [0.05, 0.1) is 0 Å². The number of hydrogen-bond donors (Lipinski definition) is 2. The number of fused-ring (bicyclic) bond motifs is 1. The number of hydrogen-bond acceptors (Lipinski definition) is 4. The van der Waals surface area contributed by atoms with Crippen LogP contribution in [0.5, 0.6) is 5.75 Å². The predicted molar refractivity (Wildman–Crippen MR) is 82.5 cm³/mol. The molecule has 2 heterocycles. The molecule has 2 N–H and O–H groups in total. The first-order valence-corrected chi connectivity index (χ1v) is 7.25. The lowest BCUT2D eigenvalue weighted by atomic mass is 10.0. The Morgan fingerprint density at radius 1 is 1.39 bits per heavy atom. The molecule has 0 spiro atoms. The lowest BCUT2D eigenvalue weighted by Gasteiger charge is -2.09. The lowest BCUT2D eigenvalue weighted by molar-refractivity contribution is -0.137. The smallest absolute Gasteiger partial charge is 0.325 e. The largest absolute Gasteiger partial charge is 0.480 e. The van der Waals surface area contributed by atoms with Crippen LogP contribution in [-0.2, 0) is 22.6 Å². The van der Waals surface area contributed by atoms with Gasteiger partial charge in [0.1, 0.15) is 12.3 Å². The van der Waals surface area contributed by atoms with Crippen LogP contribution in [0.3, 0.4) is 0 Å². The maximum Gasteiger partial charge on any atom is 0.325 e. The molecule has 3 rings (SSSR count). The van der Waals surface area contributed by atoms with Gasteiger partial charge in [-0.05, 0) is 36.6 Å². The number of aryl methyl sites for hydroxylation is 2. The quantitative estimate of drug-likeness (QED) is 0.892. The van der Waals surface area contributed by atoms with Gasteiger partial charge in [-0.3, -0.25) is 14.3 Å². The van der Waals surface area contributed by atoms with Crippen LogP contribution in [0.15, 0.2) is 24.4 Å². The number of amides is 1. The van der Waals surface area contributed by atoms with Crippen LogP contribution in [-0.4, -0.2) is 32.9 Å². The van der Waals surface area contributed by atoms with E-state index in [1.807, 2.05) is 26.0 Å². The molecular formula is C16H17N3O4.